The second-order valence-corrected chi connectivity index (χ2v) is 4.26. The van der Waals surface area contributed by atoms with Crippen LogP contribution >= 0.6 is 11.8 Å². The second-order valence-electron chi connectivity index (χ2n) is 3.17. The van der Waals surface area contributed by atoms with Gasteiger partial charge in [0.25, 0.3) is 0 Å². The van der Waals surface area contributed by atoms with E-state index in [9.17, 15) is 13.2 Å². The number of benzene rings is 1. The Bertz CT molecular complexity index is 519. The fourth-order valence-corrected chi connectivity index (χ4v) is 1.98. The Kier molecular flexibility index (Phi) is 3.71. The third-order valence-electron chi connectivity index (χ3n) is 1.80. The Morgan fingerprint density at radius 3 is 2.67 bits per heavy atom. The molecule has 1 aromatic carbocycles. The van der Waals surface area contributed by atoms with Crippen LogP contribution in [0.3, 0.4) is 0 Å². The molecule has 0 saturated carbocycles. The first-order chi connectivity index (χ1) is 8.53. The molecule has 0 aliphatic heterocycles. The molecule has 0 fully saturated rings. The van der Waals surface area contributed by atoms with Crippen LogP contribution in [0.2, 0.25) is 0 Å². The molecule has 3 nitrogen and oxygen atoms in total. The van der Waals surface area contributed by atoms with Gasteiger partial charge in [0.15, 0.2) is 0 Å². The summed E-state index contributed by atoms with van der Waals surface area (Å²) >= 11 is 1.21. The summed E-state index contributed by atoms with van der Waals surface area (Å²) in [7, 11) is 0. The minimum absolute atomic E-state index is 0.253. The monoisotopic (exact) mass is 272 g/mol. The molecular formula is C11H7F3N2OS. The zero-order chi connectivity index (χ0) is 13.0. The first-order valence-corrected chi connectivity index (χ1v) is 5.64. The van der Waals surface area contributed by atoms with Crippen LogP contribution in [0.25, 0.3) is 0 Å². The van der Waals surface area contributed by atoms with Crippen molar-refractivity contribution in [3.05, 3.63) is 42.9 Å². The molecule has 0 atom stereocenters. The molecule has 0 aliphatic carbocycles. The van der Waals surface area contributed by atoms with Gasteiger partial charge in [0.1, 0.15) is 10.8 Å². The highest BCUT2D eigenvalue weighted by Crippen LogP contribution is 2.30. The van der Waals surface area contributed by atoms with Crippen LogP contribution in [0.15, 0.2) is 52.8 Å². The molecular weight excluding hydrogens is 265 g/mol. The molecule has 7 heteroatoms. The van der Waals surface area contributed by atoms with Gasteiger partial charge in [-0.15, -0.1) is 13.2 Å². The number of nitrogens with zero attached hydrogens (tertiary/aromatic N) is 2. The Hall–Kier alpha value is -1.76. The summed E-state index contributed by atoms with van der Waals surface area (Å²) in [6, 6.07) is 5.70. The van der Waals surface area contributed by atoms with E-state index < -0.39 is 6.36 Å². The first-order valence-electron chi connectivity index (χ1n) is 4.83. The summed E-state index contributed by atoms with van der Waals surface area (Å²) in [5.41, 5.74) is 0. The number of halogens is 3. The summed E-state index contributed by atoms with van der Waals surface area (Å²) in [6.07, 6.45) is -0.122. The molecule has 0 aliphatic rings. The molecule has 0 N–H and O–H groups in total. The van der Waals surface area contributed by atoms with Crippen LogP contribution in [0.5, 0.6) is 5.75 Å². The number of alkyl halides is 3. The van der Waals surface area contributed by atoms with Crippen LogP contribution in [0, 0.1) is 0 Å². The van der Waals surface area contributed by atoms with Gasteiger partial charge in [-0.05, 0) is 18.2 Å². The van der Waals surface area contributed by atoms with Gasteiger partial charge in [0.2, 0.25) is 0 Å². The molecule has 0 unspecified atom stereocenters. The van der Waals surface area contributed by atoms with Crippen molar-refractivity contribution in [3.63, 3.8) is 0 Å². The van der Waals surface area contributed by atoms with Crippen molar-refractivity contribution in [2.45, 2.75) is 16.3 Å². The molecule has 2 rings (SSSR count). The van der Waals surface area contributed by atoms with Crippen LogP contribution in [0.1, 0.15) is 0 Å². The van der Waals surface area contributed by atoms with Gasteiger partial charge >= 0.3 is 6.36 Å². The average Bonchev–Trinajstić information content (AvgIpc) is 2.28. The second kappa shape index (κ2) is 5.26. The van der Waals surface area contributed by atoms with E-state index in [1.807, 2.05) is 0 Å². The molecule has 0 spiro atoms. The molecule has 0 radical (unpaired) electrons. The standard InChI is InChI=1S/C11H7F3N2OS/c12-11(13,14)17-8-2-1-3-9(6-8)18-10-7-15-4-5-16-10/h1-7H. The number of hydrogen-bond acceptors (Lipinski definition) is 4. The van der Waals surface area contributed by atoms with Crippen LogP contribution in [-0.2, 0) is 0 Å². The van der Waals surface area contributed by atoms with Crippen molar-refractivity contribution in [1.82, 2.24) is 9.97 Å². The van der Waals surface area contributed by atoms with Crippen molar-refractivity contribution in [2.24, 2.45) is 0 Å². The van der Waals surface area contributed by atoms with Crippen molar-refractivity contribution in [1.29, 1.82) is 0 Å². The molecule has 0 saturated heterocycles. The van der Waals surface area contributed by atoms with Crippen LogP contribution < -0.4 is 4.74 Å². The molecule has 0 bridgehead atoms. The lowest BCUT2D eigenvalue weighted by Gasteiger charge is -2.09. The fraction of sp³-hybridized carbons (Fsp3) is 0.0909. The molecule has 2 aromatic rings. The highest BCUT2D eigenvalue weighted by molar-refractivity contribution is 7.99. The summed E-state index contributed by atoms with van der Waals surface area (Å²) in [5.74, 6) is -0.253. The minimum atomic E-state index is -4.68. The molecule has 1 heterocycles. The van der Waals surface area contributed by atoms with E-state index >= 15 is 0 Å². The number of aromatic nitrogens is 2. The van der Waals surface area contributed by atoms with Crippen molar-refractivity contribution >= 4 is 11.8 Å². The van der Waals surface area contributed by atoms with E-state index in [-0.39, 0.29) is 5.75 Å². The summed E-state index contributed by atoms with van der Waals surface area (Å²) in [5, 5.41) is 0.599. The lowest BCUT2D eigenvalue weighted by molar-refractivity contribution is -0.274. The van der Waals surface area contributed by atoms with E-state index in [0.717, 1.165) is 0 Å². The van der Waals surface area contributed by atoms with Gasteiger partial charge in [0, 0.05) is 17.3 Å². The van der Waals surface area contributed by atoms with Crippen LogP contribution in [0.4, 0.5) is 13.2 Å². The van der Waals surface area contributed by atoms with Crippen molar-refractivity contribution < 1.29 is 17.9 Å². The third kappa shape index (κ3) is 3.92. The molecule has 0 amide bonds. The molecule has 18 heavy (non-hydrogen) atoms. The molecule has 1 aromatic heterocycles. The van der Waals surface area contributed by atoms with E-state index in [1.165, 1.54) is 48.6 Å². The van der Waals surface area contributed by atoms with Gasteiger partial charge in [-0.3, -0.25) is 4.98 Å². The normalized spacial score (nSPS) is 11.3. The van der Waals surface area contributed by atoms with E-state index in [1.54, 1.807) is 6.07 Å². The minimum Gasteiger partial charge on any atom is -0.406 e. The van der Waals surface area contributed by atoms with Crippen LogP contribution in [-0.4, -0.2) is 16.3 Å². The summed E-state index contributed by atoms with van der Waals surface area (Å²) < 4.78 is 40.0. The van der Waals surface area contributed by atoms with Gasteiger partial charge in [-0.25, -0.2) is 4.98 Å². The van der Waals surface area contributed by atoms with Crippen molar-refractivity contribution in [2.75, 3.05) is 0 Å². The lowest BCUT2D eigenvalue weighted by atomic mass is 10.3. The Balaban J connectivity index is 2.13. The van der Waals surface area contributed by atoms with E-state index in [4.69, 9.17) is 0 Å². The Morgan fingerprint density at radius 1 is 1.17 bits per heavy atom. The Labute approximate surface area is 105 Å². The zero-order valence-electron chi connectivity index (χ0n) is 8.89. The van der Waals surface area contributed by atoms with Gasteiger partial charge in [-0.1, -0.05) is 17.8 Å². The molecule has 94 valence electrons. The number of hydrogen-bond donors (Lipinski definition) is 0. The first kappa shape index (κ1) is 12.7. The van der Waals surface area contributed by atoms with Gasteiger partial charge < -0.3 is 4.74 Å². The maximum atomic E-state index is 12.0. The third-order valence-corrected chi connectivity index (χ3v) is 2.71. The van der Waals surface area contributed by atoms with E-state index in [0.29, 0.717) is 9.92 Å². The number of rotatable bonds is 3. The number of ether oxygens (including phenoxy) is 1. The predicted molar refractivity (Wildman–Crippen MR) is 59.3 cm³/mol. The highest BCUT2D eigenvalue weighted by Gasteiger charge is 2.31. The fourth-order valence-electron chi connectivity index (χ4n) is 1.19. The predicted octanol–water partition coefficient (Wildman–Crippen LogP) is 3.53. The highest BCUT2D eigenvalue weighted by atomic mass is 32.2. The van der Waals surface area contributed by atoms with Gasteiger partial charge in [0.05, 0.1) is 6.20 Å². The lowest BCUT2D eigenvalue weighted by Crippen LogP contribution is -2.17. The maximum Gasteiger partial charge on any atom is 0.573 e. The SMILES string of the molecule is FC(F)(F)Oc1cccc(Sc2cnccn2)c1. The largest absolute Gasteiger partial charge is 0.573 e. The quantitative estimate of drug-likeness (QED) is 0.856. The zero-order valence-corrected chi connectivity index (χ0v) is 9.70. The average molecular weight is 272 g/mol. The topological polar surface area (TPSA) is 35.0 Å². The maximum absolute atomic E-state index is 12.0. The smallest absolute Gasteiger partial charge is 0.406 e. The summed E-state index contributed by atoms with van der Waals surface area (Å²) in [6.45, 7) is 0. The van der Waals surface area contributed by atoms with Crippen molar-refractivity contribution in [3.8, 4) is 5.75 Å². The van der Waals surface area contributed by atoms with Gasteiger partial charge in [-0.2, -0.15) is 0 Å². The summed E-state index contributed by atoms with van der Waals surface area (Å²) in [4.78, 5) is 8.48. The van der Waals surface area contributed by atoms with E-state index in [2.05, 4.69) is 14.7 Å². The Morgan fingerprint density at radius 2 is 2.00 bits per heavy atom.